The molecule has 1 aliphatic carbocycles. The maximum absolute atomic E-state index is 4.06. The molecule has 1 aliphatic rings. The smallest absolute Gasteiger partial charge is 0.0924 e. The molecule has 0 spiro atoms. The number of hydrogen-bond donors (Lipinski definition) is 1. The van der Waals surface area contributed by atoms with Crippen LogP contribution in [-0.4, -0.2) is 9.97 Å². The Morgan fingerprint density at radius 1 is 1.29 bits per heavy atom. The predicted octanol–water partition coefficient (Wildman–Crippen LogP) is 3.02. The molecule has 0 saturated carbocycles. The molecular weight excluding hydrogens is 192 g/mol. The van der Waals surface area contributed by atoms with Crippen molar-refractivity contribution < 1.29 is 0 Å². The number of aryl methyl sites for hydroxylation is 2. The molecule has 1 N–H and O–H groups in total. The minimum absolute atomic E-state index is 1.16. The van der Waals surface area contributed by atoms with Crippen LogP contribution in [0.4, 0.5) is 0 Å². The minimum Gasteiger partial charge on any atom is -0.344 e. The van der Waals surface area contributed by atoms with E-state index in [2.05, 4.69) is 16.0 Å². The fraction of sp³-hybridized carbons (Fsp3) is 0.364. The lowest BCUT2D eigenvalue weighted by molar-refractivity contribution is 0.697. The van der Waals surface area contributed by atoms with Crippen LogP contribution in [0.15, 0.2) is 18.6 Å². The molecule has 0 amide bonds. The van der Waals surface area contributed by atoms with Crippen LogP contribution in [0.3, 0.4) is 0 Å². The topological polar surface area (TPSA) is 28.7 Å². The van der Waals surface area contributed by atoms with E-state index in [9.17, 15) is 0 Å². The number of thiophene rings is 1. The molecule has 0 bridgehead atoms. The second-order valence-corrected chi connectivity index (χ2v) is 4.87. The highest BCUT2D eigenvalue weighted by Gasteiger charge is 2.14. The van der Waals surface area contributed by atoms with Crippen LogP contribution < -0.4 is 0 Å². The molecular formula is C11H12N2S. The van der Waals surface area contributed by atoms with Crippen LogP contribution in [0.2, 0.25) is 0 Å². The van der Waals surface area contributed by atoms with Crippen LogP contribution in [-0.2, 0) is 12.8 Å². The monoisotopic (exact) mass is 204 g/mol. The van der Waals surface area contributed by atoms with E-state index >= 15 is 0 Å². The third-order valence-electron chi connectivity index (χ3n) is 2.76. The number of imidazole rings is 1. The van der Waals surface area contributed by atoms with Gasteiger partial charge in [-0.3, -0.25) is 0 Å². The van der Waals surface area contributed by atoms with Crippen molar-refractivity contribution in [3.8, 4) is 10.6 Å². The Morgan fingerprint density at radius 3 is 3.00 bits per heavy atom. The van der Waals surface area contributed by atoms with Gasteiger partial charge in [0.2, 0.25) is 0 Å². The minimum atomic E-state index is 1.16. The first kappa shape index (κ1) is 8.24. The summed E-state index contributed by atoms with van der Waals surface area (Å²) in [4.78, 5) is 10.1. The molecule has 0 radical (unpaired) electrons. The molecule has 3 rings (SSSR count). The summed E-state index contributed by atoms with van der Waals surface area (Å²) >= 11 is 1.92. The van der Waals surface area contributed by atoms with E-state index in [1.165, 1.54) is 30.6 Å². The van der Waals surface area contributed by atoms with Gasteiger partial charge in [0.1, 0.15) is 0 Å². The van der Waals surface area contributed by atoms with Crippen LogP contribution in [0.25, 0.3) is 10.6 Å². The van der Waals surface area contributed by atoms with Crippen LogP contribution in [0.1, 0.15) is 23.3 Å². The van der Waals surface area contributed by atoms with Crippen LogP contribution >= 0.6 is 11.3 Å². The van der Waals surface area contributed by atoms with Gasteiger partial charge in [-0.1, -0.05) is 0 Å². The molecule has 2 heterocycles. The normalized spacial score (nSPS) is 15.4. The van der Waals surface area contributed by atoms with Gasteiger partial charge in [-0.25, -0.2) is 4.98 Å². The third kappa shape index (κ3) is 1.28. The van der Waals surface area contributed by atoms with E-state index in [0.29, 0.717) is 0 Å². The van der Waals surface area contributed by atoms with Crippen molar-refractivity contribution in [2.24, 2.45) is 0 Å². The van der Waals surface area contributed by atoms with Gasteiger partial charge < -0.3 is 4.98 Å². The molecule has 2 aromatic rings. The standard InChI is InChI=1S/C11H12N2S/c1-2-4-10-8(3-1)5-11(14-10)9-6-12-7-13-9/h5-7H,1-4H2,(H,12,13). The van der Waals surface area contributed by atoms with Gasteiger partial charge in [0, 0.05) is 4.88 Å². The molecule has 2 nitrogen and oxygen atoms in total. The van der Waals surface area contributed by atoms with Crippen molar-refractivity contribution in [3.05, 3.63) is 29.0 Å². The molecule has 72 valence electrons. The van der Waals surface area contributed by atoms with Crippen molar-refractivity contribution in [2.45, 2.75) is 25.7 Å². The zero-order chi connectivity index (χ0) is 9.38. The fourth-order valence-corrected chi connectivity index (χ4v) is 3.24. The lowest BCUT2D eigenvalue weighted by Gasteiger charge is -2.08. The summed E-state index contributed by atoms with van der Waals surface area (Å²) in [5.41, 5.74) is 2.72. The maximum Gasteiger partial charge on any atom is 0.0924 e. The lowest BCUT2D eigenvalue weighted by Crippen LogP contribution is -1.96. The van der Waals surface area contributed by atoms with E-state index in [1.54, 1.807) is 16.8 Å². The summed E-state index contributed by atoms with van der Waals surface area (Å²) < 4.78 is 0. The molecule has 0 aromatic carbocycles. The Labute approximate surface area is 87.0 Å². The molecule has 0 aliphatic heterocycles. The highest BCUT2D eigenvalue weighted by Crippen LogP contribution is 2.34. The van der Waals surface area contributed by atoms with Crippen molar-refractivity contribution in [1.29, 1.82) is 0 Å². The number of aromatic amines is 1. The highest BCUT2D eigenvalue weighted by molar-refractivity contribution is 7.15. The number of rotatable bonds is 1. The van der Waals surface area contributed by atoms with Crippen LogP contribution in [0.5, 0.6) is 0 Å². The Hall–Kier alpha value is -1.09. The maximum atomic E-state index is 4.06. The fourth-order valence-electron chi connectivity index (χ4n) is 2.01. The summed E-state index contributed by atoms with van der Waals surface area (Å²) in [5, 5.41) is 0. The van der Waals surface area contributed by atoms with Crippen molar-refractivity contribution in [2.75, 3.05) is 0 Å². The summed E-state index contributed by atoms with van der Waals surface area (Å²) in [7, 11) is 0. The van der Waals surface area contributed by atoms with Gasteiger partial charge in [-0.05, 0) is 37.3 Å². The first-order valence-corrected chi connectivity index (χ1v) is 5.85. The number of fused-ring (bicyclic) bond motifs is 1. The third-order valence-corrected chi connectivity index (χ3v) is 4.03. The number of nitrogens with one attached hydrogen (secondary N) is 1. The van der Waals surface area contributed by atoms with Crippen molar-refractivity contribution in [1.82, 2.24) is 9.97 Å². The largest absolute Gasteiger partial charge is 0.344 e. The van der Waals surface area contributed by atoms with E-state index < -0.39 is 0 Å². The quantitative estimate of drug-likeness (QED) is 0.760. The Morgan fingerprint density at radius 2 is 2.21 bits per heavy atom. The SMILES string of the molecule is c1ncc(-c2cc3c(s2)CCCC3)[nH]1. The molecule has 14 heavy (non-hydrogen) atoms. The summed E-state index contributed by atoms with van der Waals surface area (Å²) in [5.74, 6) is 0. The lowest BCUT2D eigenvalue weighted by atomic mass is 9.99. The first-order chi connectivity index (χ1) is 6.93. The van der Waals surface area contributed by atoms with Gasteiger partial charge in [-0.15, -0.1) is 11.3 Å². The van der Waals surface area contributed by atoms with Crippen molar-refractivity contribution in [3.63, 3.8) is 0 Å². The second-order valence-electron chi connectivity index (χ2n) is 3.73. The zero-order valence-electron chi connectivity index (χ0n) is 7.92. The van der Waals surface area contributed by atoms with E-state index in [1.807, 2.05) is 17.5 Å². The van der Waals surface area contributed by atoms with Crippen molar-refractivity contribution >= 4 is 11.3 Å². The Bertz CT molecular complexity index is 405. The number of aromatic nitrogens is 2. The Kier molecular flexibility index (Phi) is 1.91. The van der Waals surface area contributed by atoms with Gasteiger partial charge in [0.25, 0.3) is 0 Å². The Balaban J connectivity index is 2.04. The van der Waals surface area contributed by atoms with E-state index in [0.717, 1.165) is 5.69 Å². The van der Waals surface area contributed by atoms with E-state index in [-0.39, 0.29) is 0 Å². The zero-order valence-corrected chi connectivity index (χ0v) is 8.73. The van der Waals surface area contributed by atoms with Gasteiger partial charge >= 0.3 is 0 Å². The molecule has 0 fully saturated rings. The number of nitrogens with zero attached hydrogens (tertiary/aromatic N) is 1. The summed E-state index contributed by atoms with van der Waals surface area (Å²) in [6.07, 6.45) is 8.89. The molecule has 0 unspecified atom stereocenters. The molecule has 3 heteroatoms. The molecule has 0 saturated heterocycles. The summed E-state index contributed by atoms with van der Waals surface area (Å²) in [6, 6.07) is 2.33. The van der Waals surface area contributed by atoms with Gasteiger partial charge in [0.05, 0.1) is 23.1 Å². The predicted molar refractivity (Wildman–Crippen MR) is 58.5 cm³/mol. The van der Waals surface area contributed by atoms with E-state index in [4.69, 9.17) is 0 Å². The van der Waals surface area contributed by atoms with Gasteiger partial charge in [0.15, 0.2) is 0 Å². The average molecular weight is 204 g/mol. The first-order valence-electron chi connectivity index (χ1n) is 5.04. The second kappa shape index (κ2) is 3.24. The number of hydrogen-bond acceptors (Lipinski definition) is 2. The highest BCUT2D eigenvalue weighted by atomic mass is 32.1. The van der Waals surface area contributed by atoms with Gasteiger partial charge in [-0.2, -0.15) is 0 Å². The molecule has 0 atom stereocenters. The molecule has 2 aromatic heterocycles. The average Bonchev–Trinajstić information content (AvgIpc) is 2.86. The van der Waals surface area contributed by atoms with Crippen LogP contribution in [0, 0.1) is 0 Å². The summed E-state index contributed by atoms with van der Waals surface area (Å²) in [6.45, 7) is 0. The number of H-pyrrole nitrogens is 1.